The summed E-state index contributed by atoms with van der Waals surface area (Å²) in [5.74, 6) is -1.22. The molecule has 8 nitrogen and oxygen atoms in total. The molecule has 168 valence electrons. The predicted octanol–water partition coefficient (Wildman–Crippen LogP) is 2.13. The molecule has 0 spiro atoms. The number of thiocarbonyl (C=S) groups is 1. The highest BCUT2D eigenvalue weighted by molar-refractivity contribution is 7.80. The first-order valence-corrected chi connectivity index (χ1v) is 10.8. The summed E-state index contributed by atoms with van der Waals surface area (Å²) in [5.41, 5.74) is 2.07. The molecule has 0 aliphatic carbocycles. The maximum atomic E-state index is 12.8. The Morgan fingerprint density at radius 3 is 2.65 bits per heavy atom. The number of hydrogen-bond donors (Lipinski definition) is 2. The fraction of sp³-hybridized carbons (Fsp3) is 0.545. The number of carbonyl (C=O) groups is 1. The van der Waals surface area contributed by atoms with Crippen molar-refractivity contribution in [3.8, 4) is 0 Å². The number of rotatable bonds is 6. The summed E-state index contributed by atoms with van der Waals surface area (Å²) in [6.07, 6.45) is -2.14. The molecule has 0 bridgehead atoms. The molecule has 1 aromatic rings. The molecule has 31 heavy (non-hydrogen) atoms. The smallest absolute Gasteiger partial charge is 0.337 e. The molecule has 1 unspecified atom stereocenters. The van der Waals surface area contributed by atoms with Crippen molar-refractivity contribution in [1.29, 1.82) is 0 Å². The molecule has 9 heteroatoms. The van der Waals surface area contributed by atoms with Crippen molar-refractivity contribution in [2.45, 2.75) is 70.7 Å². The zero-order chi connectivity index (χ0) is 22.2. The molecular weight excluding hydrogens is 420 g/mol. The van der Waals surface area contributed by atoms with Gasteiger partial charge in [0.2, 0.25) is 0 Å². The zero-order valence-electron chi connectivity index (χ0n) is 18.0. The first kappa shape index (κ1) is 22.2. The van der Waals surface area contributed by atoms with E-state index in [0.717, 1.165) is 5.56 Å². The van der Waals surface area contributed by atoms with Crippen LogP contribution < -0.4 is 10.6 Å². The lowest BCUT2D eigenvalue weighted by Gasteiger charge is -2.36. The molecule has 3 aliphatic rings. The summed E-state index contributed by atoms with van der Waals surface area (Å²) in [6.45, 7) is 7.86. The summed E-state index contributed by atoms with van der Waals surface area (Å²) in [4.78, 5) is 12.8. The Morgan fingerprint density at radius 1 is 1.19 bits per heavy atom. The third-order valence-electron chi connectivity index (χ3n) is 5.44. The SMILES string of the molecule is CCOC(=O)C1=C(C)NC(=S)NC1[C@H]1O[C@H]2OC(C)(C)O[C@H]2[C@H]1OCc1ccccc1. The molecule has 2 N–H and O–H groups in total. The van der Waals surface area contributed by atoms with Gasteiger partial charge in [0.25, 0.3) is 0 Å². The molecule has 2 saturated heterocycles. The third-order valence-corrected chi connectivity index (χ3v) is 5.66. The van der Waals surface area contributed by atoms with Crippen molar-refractivity contribution < 1.29 is 28.5 Å². The monoisotopic (exact) mass is 448 g/mol. The molecule has 5 atom stereocenters. The minimum atomic E-state index is -0.790. The number of hydrogen-bond acceptors (Lipinski definition) is 7. The van der Waals surface area contributed by atoms with Crippen LogP contribution in [-0.2, 0) is 35.1 Å². The topological polar surface area (TPSA) is 87.3 Å². The van der Waals surface area contributed by atoms with Gasteiger partial charge in [0.1, 0.15) is 18.3 Å². The summed E-state index contributed by atoms with van der Waals surface area (Å²) < 4.78 is 29.9. The second-order valence-corrected chi connectivity index (χ2v) is 8.57. The molecular formula is C22H28N2O6S. The van der Waals surface area contributed by atoms with Gasteiger partial charge in [-0.15, -0.1) is 0 Å². The molecule has 4 rings (SSSR count). The van der Waals surface area contributed by atoms with E-state index >= 15 is 0 Å². The zero-order valence-corrected chi connectivity index (χ0v) is 18.9. The first-order chi connectivity index (χ1) is 14.8. The lowest BCUT2D eigenvalue weighted by molar-refractivity contribution is -0.221. The van der Waals surface area contributed by atoms with Gasteiger partial charge in [0.05, 0.1) is 24.8 Å². The molecule has 0 amide bonds. The van der Waals surface area contributed by atoms with Crippen LogP contribution in [0.25, 0.3) is 0 Å². The highest BCUT2D eigenvalue weighted by Gasteiger charge is 2.58. The number of allylic oxidation sites excluding steroid dienone is 1. The Kier molecular flexibility index (Phi) is 6.32. The van der Waals surface area contributed by atoms with Crippen molar-refractivity contribution in [2.75, 3.05) is 6.61 Å². The van der Waals surface area contributed by atoms with E-state index in [1.807, 2.05) is 44.2 Å². The predicted molar refractivity (Wildman–Crippen MR) is 116 cm³/mol. The van der Waals surface area contributed by atoms with E-state index in [2.05, 4.69) is 10.6 Å². The van der Waals surface area contributed by atoms with Gasteiger partial charge in [-0.3, -0.25) is 0 Å². The number of esters is 1. The maximum Gasteiger partial charge on any atom is 0.337 e. The van der Waals surface area contributed by atoms with Crippen LogP contribution in [0.2, 0.25) is 0 Å². The lowest BCUT2D eigenvalue weighted by Crippen LogP contribution is -2.58. The Labute approximate surface area is 187 Å². The van der Waals surface area contributed by atoms with Crippen molar-refractivity contribution in [2.24, 2.45) is 0 Å². The van der Waals surface area contributed by atoms with Gasteiger partial charge in [0.15, 0.2) is 17.2 Å². The number of nitrogens with one attached hydrogen (secondary N) is 2. The summed E-state index contributed by atoms with van der Waals surface area (Å²) in [7, 11) is 0. The van der Waals surface area contributed by atoms with Crippen LogP contribution in [0, 0.1) is 0 Å². The summed E-state index contributed by atoms with van der Waals surface area (Å²) in [6, 6.07) is 9.28. The molecule has 0 aromatic heterocycles. The minimum absolute atomic E-state index is 0.262. The molecule has 3 aliphatic heterocycles. The van der Waals surface area contributed by atoms with Crippen LogP contribution in [0.4, 0.5) is 0 Å². The standard InChI is InChI=1S/C22H28N2O6S/c1-5-26-19(25)14-12(2)23-21(31)24-15(14)16-17(27-11-13-9-7-6-8-10-13)18-20(28-16)30-22(3,4)29-18/h6-10,15-18,20H,5,11H2,1-4H3,(H2,23,24,31)/t15?,16-,17+,18+,20+/m1/s1. The average molecular weight is 449 g/mol. The van der Waals surface area contributed by atoms with Gasteiger partial charge in [-0.2, -0.15) is 0 Å². The number of fused-ring (bicyclic) bond motifs is 1. The highest BCUT2D eigenvalue weighted by Crippen LogP contribution is 2.41. The number of ether oxygens (including phenoxy) is 5. The van der Waals surface area contributed by atoms with Gasteiger partial charge in [0, 0.05) is 5.70 Å². The second-order valence-electron chi connectivity index (χ2n) is 8.17. The van der Waals surface area contributed by atoms with Crippen molar-refractivity contribution in [3.05, 3.63) is 47.2 Å². The van der Waals surface area contributed by atoms with E-state index in [1.165, 1.54) is 0 Å². The fourth-order valence-electron chi connectivity index (χ4n) is 4.18. The van der Waals surface area contributed by atoms with E-state index < -0.39 is 42.4 Å². The van der Waals surface area contributed by atoms with Gasteiger partial charge in [-0.1, -0.05) is 30.3 Å². The maximum absolute atomic E-state index is 12.8. The Bertz CT molecular complexity index is 874. The molecule has 0 saturated carbocycles. The van der Waals surface area contributed by atoms with Crippen LogP contribution in [0.1, 0.15) is 33.3 Å². The highest BCUT2D eigenvalue weighted by atomic mass is 32.1. The Hall–Kier alpha value is -2.04. The van der Waals surface area contributed by atoms with Crippen molar-refractivity contribution in [1.82, 2.24) is 10.6 Å². The molecule has 2 fully saturated rings. The third kappa shape index (κ3) is 4.61. The van der Waals surface area contributed by atoms with Crippen LogP contribution >= 0.6 is 12.2 Å². The van der Waals surface area contributed by atoms with Crippen molar-refractivity contribution >= 4 is 23.3 Å². The van der Waals surface area contributed by atoms with E-state index in [-0.39, 0.29) is 6.61 Å². The van der Waals surface area contributed by atoms with Crippen molar-refractivity contribution in [3.63, 3.8) is 0 Å². The van der Waals surface area contributed by atoms with Crippen LogP contribution in [0.15, 0.2) is 41.6 Å². The van der Waals surface area contributed by atoms with E-state index in [9.17, 15) is 4.79 Å². The van der Waals surface area contributed by atoms with Crippen LogP contribution in [-0.4, -0.2) is 54.1 Å². The Morgan fingerprint density at radius 2 is 1.94 bits per heavy atom. The van der Waals surface area contributed by atoms with Crippen LogP contribution in [0.5, 0.6) is 0 Å². The van der Waals surface area contributed by atoms with Gasteiger partial charge >= 0.3 is 5.97 Å². The van der Waals surface area contributed by atoms with E-state index in [0.29, 0.717) is 23.0 Å². The quantitative estimate of drug-likeness (QED) is 0.502. The second kappa shape index (κ2) is 8.84. The molecule has 3 heterocycles. The van der Waals surface area contributed by atoms with Crippen LogP contribution in [0.3, 0.4) is 0 Å². The first-order valence-electron chi connectivity index (χ1n) is 10.4. The Balaban J connectivity index is 1.63. The lowest BCUT2D eigenvalue weighted by atomic mass is 9.93. The molecule has 0 radical (unpaired) electrons. The molecule has 1 aromatic carbocycles. The normalized spacial score (nSPS) is 31.7. The van der Waals surface area contributed by atoms with E-state index in [1.54, 1.807) is 13.8 Å². The summed E-state index contributed by atoms with van der Waals surface area (Å²) in [5, 5.41) is 6.56. The van der Waals surface area contributed by atoms with E-state index in [4.69, 9.17) is 35.9 Å². The van der Waals surface area contributed by atoms with Gasteiger partial charge < -0.3 is 34.3 Å². The largest absolute Gasteiger partial charge is 0.463 e. The number of benzene rings is 1. The summed E-state index contributed by atoms with van der Waals surface area (Å²) >= 11 is 5.35. The average Bonchev–Trinajstić information content (AvgIpc) is 3.18. The number of carbonyl (C=O) groups excluding carboxylic acids is 1. The fourth-order valence-corrected chi connectivity index (χ4v) is 4.46. The van der Waals surface area contributed by atoms with Gasteiger partial charge in [-0.05, 0) is 45.5 Å². The minimum Gasteiger partial charge on any atom is -0.463 e. The van der Waals surface area contributed by atoms with Gasteiger partial charge in [-0.25, -0.2) is 4.79 Å².